The summed E-state index contributed by atoms with van der Waals surface area (Å²) in [5, 5.41) is 4.33. The van der Waals surface area contributed by atoms with Crippen molar-refractivity contribution < 1.29 is 4.79 Å². The monoisotopic (exact) mass is 259 g/mol. The van der Waals surface area contributed by atoms with E-state index in [1.54, 1.807) is 6.92 Å². The maximum absolute atomic E-state index is 11.8. The Balaban J connectivity index is 2.17. The number of Topliss-reactive ketones (excluding diaryl/α,β-unsaturated/α-hetero) is 1. The SMILES string of the molecule is CC(=O)c1c(NCCCN(C)C)[nH]c2ccccc12. The van der Waals surface area contributed by atoms with Crippen molar-refractivity contribution >= 4 is 22.5 Å². The molecule has 1 aromatic heterocycles. The molecule has 2 aromatic rings. The van der Waals surface area contributed by atoms with Gasteiger partial charge in [-0.2, -0.15) is 0 Å². The van der Waals surface area contributed by atoms with Crippen LogP contribution in [0.5, 0.6) is 0 Å². The van der Waals surface area contributed by atoms with E-state index in [-0.39, 0.29) is 5.78 Å². The van der Waals surface area contributed by atoms with Crippen molar-refractivity contribution in [3.05, 3.63) is 29.8 Å². The second-order valence-corrected chi connectivity index (χ2v) is 5.06. The molecular weight excluding hydrogens is 238 g/mol. The fraction of sp³-hybridized carbons (Fsp3) is 0.400. The second kappa shape index (κ2) is 5.89. The predicted molar refractivity (Wildman–Crippen MR) is 80.0 cm³/mol. The van der Waals surface area contributed by atoms with Gasteiger partial charge in [-0.25, -0.2) is 0 Å². The smallest absolute Gasteiger partial charge is 0.164 e. The Morgan fingerprint density at radius 2 is 2.05 bits per heavy atom. The highest BCUT2D eigenvalue weighted by atomic mass is 16.1. The molecule has 0 amide bonds. The zero-order valence-electron chi connectivity index (χ0n) is 11.8. The van der Waals surface area contributed by atoms with Crippen LogP contribution in [0.3, 0.4) is 0 Å². The summed E-state index contributed by atoms with van der Waals surface area (Å²) in [7, 11) is 4.12. The molecule has 0 saturated heterocycles. The van der Waals surface area contributed by atoms with Crippen molar-refractivity contribution in [3.63, 3.8) is 0 Å². The molecule has 0 aliphatic rings. The van der Waals surface area contributed by atoms with E-state index >= 15 is 0 Å². The molecule has 0 spiro atoms. The molecule has 0 unspecified atom stereocenters. The summed E-state index contributed by atoms with van der Waals surface area (Å²) in [6.45, 7) is 3.49. The van der Waals surface area contributed by atoms with E-state index in [1.807, 2.05) is 24.3 Å². The summed E-state index contributed by atoms with van der Waals surface area (Å²) in [4.78, 5) is 17.3. The first-order valence-electron chi connectivity index (χ1n) is 6.60. The standard InChI is InChI=1S/C15H21N3O/c1-11(19)14-12-7-4-5-8-13(12)17-15(14)16-9-6-10-18(2)3/h4-5,7-8,16-17H,6,9-10H2,1-3H3. The first-order chi connectivity index (χ1) is 9.09. The number of H-pyrrole nitrogens is 1. The summed E-state index contributed by atoms with van der Waals surface area (Å²) >= 11 is 0. The quantitative estimate of drug-likeness (QED) is 0.619. The summed E-state index contributed by atoms with van der Waals surface area (Å²) in [5.41, 5.74) is 1.77. The minimum absolute atomic E-state index is 0.0903. The number of hydrogen-bond donors (Lipinski definition) is 2. The van der Waals surface area contributed by atoms with Gasteiger partial charge < -0.3 is 15.2 Å². The number of hydrogen-bond acceptors (Lipinski definition) is 3. The molecule has 0 radical (unpaired) electrons. The Labute approximate surface area is 113 Å². The molecule has 4 heteroatoms. The minimum Gasteiger partial charge on any atom is -0.371 e. The number of nitrogens with one attached hydrogen (secondary N) is 2. The molecule has 1 aromatic carbocycles. The molecule has 0 fully saturated rings. The van der Waals surface area contributed by atoms with Gasteiger partial charge in [-0.05, 0) is 40.1 Å². The third kappa shape index (κ3) is 3.15. The number of aromatic amines is 1. The number of rotatable bonds is 6. The van der Waals surface area contributed by atoms with Crippen LogP contribution in [0.1, 0.15) is 23.7 Å². The first-order valence-corrected chi connectivity index (χ1v) is 6.60. The number of benzene rings is 1. The van der Waals surface area contributed by atoms with E-state index in [2.05, 4.69) is 29.3 Å². The summed E-state index contributed by atoms with van der Waals surface area (Å²) < 4.78 is 0. The molecule has 0 aliphatic carbocycles. The fourth-order valence-electron chi connectivity index (χ4n) is 2.25. The van der Waals surface area contributed by atoms with Crippen LogP contribution >= 0.6 is 0 Å². The largest absolute Gasteiger partial charge is 0.371 e. The maximum atomic E-state index is 11.8. The van der Waals surface area contributed by atoms with Crippen molar-refractivity contribution in [3.8, 4) is 0 Å². The summed E-state index contributed by atoms with van der Waals surface area (Å²) in [6, 6.07) is 7.90. The van der Waals surface area contributed by atoms with Gasteiger partial charge in [0.1, 0.15) is 5.82 Å². The van der Waals surface area contributed by atoms with Crippen molar-refractivity contribution in [1.29, 1.82) is 0 Å². The number of carbonyl (C=O) groups is 1. The lowest BCUT2D eigenvalue weighted by Crippen LogP contribution is -2.17. The lowest BCUT2D eigenvalue weighted by Gasteiger charge is -2.10. The van der Waals surface area contributed by atoms with Crippen LogP contribution in [0.2, 0.25) is 0 Å². The van der Waals surface area contributed by atoms with E-state index in [1.165, 1.54) is 0 Å². The zero-order valence-corrected chi connectivity index (χ0v) is 11.8. The van der Waals surface area contributed by atoms with Gasteiger partial charge >= 0.3 is 0 Å². The van der Waals surface area contributed by atoms with Gasteiger partial charge in [0.25, 0.3) is 0 Å². The third-order valence-electron chi connectivity index (χ3n) is 3.14. The number of anilines is 1. The van der Waals surface area contributed by atoms with Crippen LogP contribution in [0.4, 0.5) is 5.82 Å². The molecule has 0 saturated carbocycles. The Morgan fingerprint density at radius 1 is 1.32 bits per heavy atom. The Bertz CT molecular complexity index is 572. The highest BCUT2D eigenvalue weighted by Gasteiger charge is 2.14. The second-order valence-electron chi connectivity index (χ2n) is 5.06. The lowest BCUT2D eigenvalue weighted by molar-refractivity contribution is 0.102. The van der Waals surface area contributed by atoms with Crippen LogP contribution in [-0.2, 0) is 0 Å². The van der Waals surface area contributed by atoms with Crippen LogP contribution in [-0.4, -0.2) is 42.9 Å². The number of aromatic nitrogens is 1. The van der Waals surface area contributed by atoms with Crippen LogP contribution < -0.4 is 5.32 Å². The van der Waals surface area contributed by atoms with Gasteiger partial charge in [-0.1, -0.05) is 18.2 Å². The van der Waals surface area contributed by atoms with E-state index in [0.29, 0.717) is 0 Å². The molecule has 2 N–H and O–H groups in total. The summed E-state index contributed by atoms with van der Waals surface area (Å²) in [5.74, 6) is 0.931. The van der Waals surface area contributed by atoms with Gasteiger partial charge in [0.2, 0.25) is 0 Å². The normalized spacial score (nSPS) is 11.2. The molecule has 2 rings (SSSR count). The molecule has 4 nitrogen and oxygen atoms in total. The number of fused-ring (bicyclic) bond motifs is 1. The molecule has 102 valence electrons. The lowest BCUT2D eigenvalue weighted by atomic mass is 10.1. The molecular formula is C15H21N3O. The maximum Gasteiger partial charge on any atom is 0.164 e. The number of nitrogens with zero attached hydrogens (tertiary/aromatic N) is 1. The molecule has 19 heavy (non-hydrogen) atoms. The Hall–Kier alpha value is -1.81. The van der Waals surface area contributed by atoms with E-state index in [0.717, 1.165) is 41.8 Å². The Morgan fingerprint density at radius 3 is 2.74 bits per heavy atom. The van der Waals surface area contributed by atoms with Gasteiger partial charge in [-0.15, -0.1) is 0 Å². The molecule has 0 aliphatic heterocycles. The highest BCUT2D eigenvalue weighted by molar-refractivity contribution is 6.11. The van der Waals surface area contributed by atoms with E-state index in [4.69, 9.17) is 0 Å². The van der Waals surface area contributed by atoms with Crippen molar-refractivity contribution in [1.82, 2.24) is 9.88 Å². The molecule has 0 atom stereocenters. The average Bonchev–Trinajstić information content (AvgIpc) is 2.72. The predicted octanol–water partition coefficient (Wildman–Crippen LogP) is 2.73. The number of para-hydroxylation sites is 1. The first kappa shape index (κ1) is 13.6. The summed E-state index contributed by atoms with van der Waals surface area (Å²) in [6.07, 6.45) is 1.04. The average molecular weight is 259 g/mol. The fourth-order valence-corrected chi connectivity index (χ4v) is 2.25. The minimum atomic E-state index is 0.0903. The van der Waals surface area contributed by atoms with Crippen molar-refractivity contribution in [2.45, 2.75) is 13.3 Å². The highest BCUT2D eigenvalue weighted by Crippen LogP contribution is 2.26. The number of ketones is 1. The van der Waals surface area contributed by atoms with Gasteiger partial charge in [0, 0.05) is 17.4 Å². The van der Waals surface area contributed by atoms with Crippen molar-refractivity contribution in [2.75, 3.05) is 32.5 Å². The molecule has 1 heterocycles. The zero-order chi connectivity index (χ0) is 13.8. The van der Waals surface area contributed by atoms with Crippen LogP contribution in [0.15, 0.2) is 24.3 Å². The van der Waals surface area contributed by atoms with Crippen molar-refractivity contribution in [2.24, 2.45) is 0 Å². The number of carbonyl (C=O) groups excluding carboxylic acids is 1. The Kier molecular flexibility index (Phi) is 4.22. The van der Waals surface area contributed by atoms with E-state index in [9.17, 15) is 4.79 Å². The third-order valence-corrected chi connectivity index (χ3v) is 3.14. The molecule has 0 bridgehead atoms. The van der Waals surface area contributed by atoms with Gasteiger partial charge in [0.05, 0.1) is 5.56 Å². The van der Waals surface area contributed by atoms with E-state index < -0.39 is 0 Å². The van der Waals surface area contributed by atoms with Crippen LogP contribution in [0.25, 0.3) is 10.9 Å². The van der Waals surface area contributed by atoms with Gasteiger partial charge in [-0.3, -0.25) is 4.79 Å². The topological polar surface area (TPSA) is 48.1 Å². The van der Waals surface area contributed by atoms with Crippen LogP contribution in [0, 0.1) is 0 Å². The van der Waals surface area contributed by atoms with Gasteiger partial charge in [0.15, 0.2) is 5.78 Å².